The molecular formula is C17H20F3IN4. The predicted molar refractivity (Wildman–Crippen MR) is 103 cm³/mol. The zero-order chi connectivity index (χ0) is 17.4. The summed E-state index contributed by atoms with van der Waals surface area (Å²) in [7, 11) is 0. The molecule has 0 saturated carbocycles. The predicted octanol–water partition coefficient (Wildman–Crippen LogP) is 3.97. The molecule has 2 rings (SSSR count). The van der Waals surface area contributed by atoms with Crippen LogP contribution in [-0.2, 0) is 19.3 Å². The van der Waals surface area contributed by atoms with Gasteiger partial charge in [0.05, 0.1) is 24.3 Å². The van der Waals surface area contributed by atoms with Gasteiger partial charge in [0.2, 0.25) is 0 Å². The van der Waals surface area contributed by atoms with Crippen LogP contribution in [0.5, 0.6) is 0 Å². The van der Waals surface area contributed by atoms with Crippen LogP contribution in [0.2, 0.25) is 0 Å². The van der Waals surface area contributed by atoms with E-state index in [9.17, 15) is 13.2 Å². The third-order valence-electron chi connectivity index (χ3n) is 3.18. The Morgan fingerprint density at radius 2 is 1.92 bits per heavy atom. The number of alkyl halides is 3. The average Bonchev–Trinajstić information content (AvgIpc) is 2.58. The summed E-state index contributed by atoms with van der Waals surface area (Å²) >= 11 is 0. The topological polar surface area (TPSA) is 49.3 Å². The molecule has 0 atom stereocenters. The second-order valence-corrected chi connectivity index (χ2v) is 5.07. The lowest BCUT2D eigenvalue weighted by Gasteiger charge is -2.11. The Hall–Kier alpha value is -1.84. The molecule has 0 radical (unpaired) electrons. The lowest BCUT2D eigenvalue weighted by molar-refractivity contribution is -0.137. The number of aromatic nitrogens is 1. The molecule has 25 heavy (non-hydrogen) atoms. The lowest BCUT2D eigenvalue weighted by atomic mass is 10.1. The largest absolute Gasteiger partial charge is 0.416 e. The zero-order valence-corrected chi connectivity index (χ0v) is 16.0. The van der Waals surface area contributed by atoms with E-state index in [-0.39, 0.29) is 30.5 Å². The Kier molecular flexibility index (Phi) is 8.67. The summed E-state index contributed by atoms with van der Waals surface area (Å²) in [5, 5.41) is 6.16. The summed E-state index contributed by atoms with van der Waals surface area (Å²) in [4.78, 5) is 8.52. The Morgan fingerprint density at radius 1 is 1.12 bits per heavy atom. The highest BCUT2D eigenvalue weighted by Gasteiger charge is 2.30. The fourth-order valence-electron chi connectivity index (χ4n) is 2.04. The Bertz CT molecular complexity index is 675. The molecule has 8 heteroatoms. The highest BCUT2D eigenvalue weighted by Crippen LogP contribution is 2.29. The Balaban J connectivity index is 0.00000312. The SMILES string of the molecule is CCNC(=NCc1cccc(C(F)(F)F)c1)NCc1ccccn1.I. The van der Waals surface area contributed by atoms with Crippen molar-refractivity contribution in [2.24, 2.45) is 4.99 Å². The minimum Gasteiger partial charge on any atom is -0.357 e. The van der Waals surface area contributed by atoms with Gasteiger partial charge in [0.25, 0.3) is 0 Å². The van der Waals surface area contributed by atoms with Crippen molar-refractivity contribution in [3.8, 4) is 0 Å². The van der Waals surface area contributed by atoms with E-state index < -0.39 is 11.7 Å². The molecule has 0 saturated heterocycles. The number of benzene rings is 1. The van der Waals surface area contributed by atoms with Gasteiger partial charge in [0.15, 0.2) is 5.96 Å². The van der Waals surface area contributed by atoms with Crippen molar-refractivity contribution in [2.75, 3.05) is 6.54 Å². The number of aliphatic imine (C=N–C) groups is 1. The molecule has 1 aromatic carbocycles. The molecule has 2 N–H and O–H groups in total. The lowest BCUT2D eigenvalue weighted by Crippen LogP contribution is -2.37. The number of nitrogens with one attached hydrogen (secondary N) is 2. The number of nitrogens with zero attached hydrogens (tertiary/aromatic N) is 2. The molecule has 0 aliphatic carbocycles. The van der Waals surface area contributed by atoms with E-state index in [4.69, 9.17) is 0 Å². The van der Waals surface area contributed by atoms with Crippen molar-refractivity contribution in [3.05, 3.63) is 65.5 Å². The van der Waals surface area contributed by atoms with E-state index in [2.05, 4.69) is 20.6 Å². The van der Waals surface area contributed by atoms with E-state index in [1.54, 1.807) is 12.3 Å². The molecule has 0 unspecified atom stereocenters. The highest BCUT2D eigenvalue weighted by molar-refractivity contribution is 14.0. The third-order valence-corrected chi connectivity index (χ3v) is 3.18. The summed E-state index contributed by atoms with van der Waals surface area (Å²) in [5.41, 5.74) is 0.684. The number of halogens is 4. The third kappa shape index (κ3) is 7.29. The summed E-state index contributed by atoms with van der Waals surface area (Å²) in [6.07, 6.45) is -2.65. The highest BCUT2D eigenvalue weighted by atomic mass is 127. The second kappa shape index (κ2) is 10.2. The van der Waals surface area contributed by atoms with E-state index >= 15 is 0 Å². The van der Waals surface area contributed by atoms with Crippen LogP contribution in [0.15, 0.2) is 53.7 Å². The molecule has 1 aromatic heterocycles. The van der Waals surface area contributed by atoms with Crippen LogP contribution >= 0.6 is 24.0 Å². The molecule has 1 heterocycles. The van der Waals surface area contributed by atoms with Gasteiger partial charge in [-0.25, -0.2) is 4.99 Å². The van der Waals surface area contributed by atoms with Crippen molar-refractivity contribution in [1.82, 2.24) is 15.6 Å². The first-order valence-electron chi connectivity index (χ1n) is 7.57. The van der Waals surface area contributed by atoms with Gasteiger partial charge in [0.1, 0.15) is 0 Å². The summed E-state index contributed by atoms with van der Waals surface area (Å²) < 4.78 is 38.2. The number of hydrogen-bond acceptors (Lipinski definition) is 2. The van der Waals surface area contributed by atoms with Crippen LogP contribution < -0.4 is 10.6 Å². The number of hydrogen-bond donors (Lipinski definition) is 2. The molecule has 0 aliphatic rings. The van der Waals surface area contributed by atoms with E-state index in [1.165, 1.54) is 6.07 Å². The van der Waals surface area contributed by atoms with Crippen LogP contribution in [0.1, 0.15) is 23.7 Å². The fraction of sp³-hybridized carbons (Fsp3) is 0.294. The number of guanidine groups is 1. The number of rotatable bonds is 5. The molecule has 0 fully saturated rings. The van der Waals surface area contributed by atoms with Crippen LogP contribution in [0.4, 0.5) is 13.2 Å². The van der Waals surface area contributed by atoms with Crippen LogP contribution in [0, 0.1) is 0 Å². The molecule has 0 amide bonds. The van der Waals surface area contributed by atoms with Gasteiger partial charge in [-0.2, -0.15) is 13.2 Å². The van der Waals surface area contributed by atoms with Crippen molar-refractivity contribution >= 4 is 29.9 Å². The second-order valence-electron chi connectivity index (χ2n) is 5.07. The van der Waals surface area contributed by atoms with Gasteiger partial charge in [-0.3, -0.25) is 4.98 Å². The fourth-order valence-corrected chi connectivity index (χ4v) is 2.04. The van der Waals surface area contributed by atoms with E-state index in [0.717, 1.165) is 17.8 Å². The maximum atomic E-state index is 12.7. The van der Waals surface area contributed by atoms with Gasteiger partial charge >= 0.3 is 6.18 Å². The summed E-state index contributed by atoms with van der Waals surface area (Å²) in [5.74, 6) is 0.528. The van der Waals surface area contributed by atoms with Crippen LogP contribution in [-0.4, -0.2) is 17.5 Å². The minimum absolute atomic E-state index is 0. The maximum absolute atomic E-state index is 12.7. The Morgan fingerprint density at radius 3 is 2.56 bits per heavy atom. The van der Waals surface area contributed by atoms with E-state index in [1.807, 2.05) is 25.1 Å². The standard InChI is InChI=1S/C17H19F3N4.HI/c1-2-21-16(24-12-15-8-3-4-9-22-15)23-11-13-6-5-7-14(10-13)17(18,19)20;/h3-10H,2,11-12H2,1H3,(H2,21,23,24);1H. The zero-order valence-electron chi connectivity index (χ0n) is 13.7. The van der Waals surface area contributed by atoms with Gasteiger partial charge in [0, 0.05) is 12.7 Å². The molecule has 0 bridgehead atoms. The summed E-state index contributed by atoms with van der Waals surface area (Å²) in [6, 6.07) is 10.8. The van der Waals surface area contributed by atoms with Crippen molar-refractivity contribution in [1.29, 1.82) is 0 Å². The van der Waals surface area contributed by atoms with E-state index in [0.29, 0.717) is 24.6 Å². The number of pyridine rings is 1. The molecule has 136 valence electrons. The molecule has 4 nitrogen and oxygen atoms in total. The normalized spacial score (nSPS) is 11.6. The first-order valence-corrected chi connectivity index (χ1v) is 7.57. The Labute approximate surface area is 162 Å². The van der Waals surface area contributed by atoms with Gasteiger partial charge in [-0.05, 0) is 36.8 Å². The monoisotopic (exact) mass is 464 g/mol. The smallest absolute Gasteiger partial charge is 0.357 e. The molecule has 0 aliphatic heterocycles. The minimum atomic E-state index is -4.35. The van der Waals surface area contributed by atoms with Crippen molar-refractivity contribution in [3.63, 3.8) is 0 Å². The van der Waals surface area contributed by atoms with Gasteiger partial charge in [-0.1, -0.05) is 18.2 Å². The molecule has 2 aromatic rings. The first-order chi connectivity index (χ1) is 11.5. The van der Waals surface area contributed by atoms with Gasteiger partial charge in [-0.15, -0.1) is 24.0 Å². The van der Waals surface area contributed by atoms with Crippen molar-refractivity contribution in [2.45, 2.75) is 26.2 Å². The molecular weight excluding hydrogens is 444 g/mol. The first kappa shape index (κ1) is 21.2. The maximum Gasteiger partial charge on any atom is 0.416 e. The van der Waals surface area contributed by atoms with Gasteiger partial charge < -0.3 is 10.6 Å². The average molecular weight is 464 g/mol. The van der Waals surface area contributed by atoms with Crippen LogP contribution in [0.25, 0.3) is 0 Å². The quantitative estimate of drug-likeness (QED) is 0.400. The van der Waals surface area contributed by atoms with Crippen LogP contribution in [0.3, 0.4) is 0 Å². The molecule has 0 spiro atoms. The summed E-state index contributed by atoms with van der Waals surface area (Å²) in [6.45, 7) is 3.20. The van der Waals surface area contributed by atoms with Crippen molar-refractivity contribution < 1.29 is 13.2 Å².